The number of para-hydroxylation sites is 1. The Morgan fingerprint density at radius 1 is 1.24 bits per heavy atom. The molecule has 1 aliphatic heterocycles. The van der Waals surface area contributed by atoms with E-state index in [4.69, 9.17) is 11.6 Å². The van der Waals surface area contributed by atoms with Crippen LogP contribution in [0.3, 0.4) is 0 Å². The summed E-state index contributed by atoms with van der Waals surface area (Å²) in [6, 6.07) is 12.4. The molecule has 130 valence electrons. The molecule has 0 aromatic heterocycles. The number of benzene rings is 2. The number of β-lactam (4-membered cyclic amide) rings is 1. The molecule has 4 nitrogen and oxygen atoms in total. The van der Waals surface area contributed by atoms with Crippen LogP contribution in [0.1, 0.15) is 36.1 Å². The minimum absolute atomic E-state index is 0.00408. The number of hydrogen-bond acceptors (Lipinski definition) is 2. The van der Waals surface area contributed by atoms with Crippen LogP contribution in [0.5, 0.6) is 0 Å². The van der Waals surface area contributed by atoms with Crippen LogP contribution in [0, 0.1) is 6.92 Å². The van der Waals surface area contributed by atoms with Gasteiger partial charge in [0.1, 0.15) is 6.04 Å². The molecule has 0 aliphatic carbocycles. The van der Waals surface area contributed by atoms with Crippen molar-refractivity contribution in [3.8, 4) is 0 Å². The predicted molar refractivity (Wildman–Crippen MR) is 99.7 cm³/mol. The first-order chi connectivity index (χ1) is 12.0. The lowest BCUT2D eigenvalue weighted by molar-refractivity contribution is -0.147. The zero-order valence-corrected chi connectivity index (χ0v) is 15.1. The summed E-state index contributed by atoms with van der Waals surface area (Å²) in [5, 5.41) is 3.65. The number of nitrogens with zero attached hydrogens (tertiary/aromatic N) is 1. The van der Waals surface area contributed by atoms with E-state index in [0.29, 0.717) is 18.0 Å². The number of aryl methyl sites for hydroxylation is 2. The maximum atomic E-state index is 13.1. The van der Waals surface area contributed by atoms with Gasteiger partial charge in [-0.2, -0.15) is 0 Å². The van der Waals surface area contributed by atoms with Crippen LogP contribution >= 0.6 is 11.6 Å². The summed E-state index contributed by atoms with van der Waals surface area (Å²) in [5.74, 6) is -0.199. The van der Waals surface area contributed by atoms with E-state index in [1.807, 2.05) is 25.1 Å². The van der Waals surface area contributed by atoms with Gasteiger partial charge in [-0.05, 0) is 42.2 Å². The van der Waals surface area contributed by atoms with Gasteiger partial charge in [-0.3, -0.25) is 9.59 Å². The molecular weight excluding hydrogens is 336 g/mol. The number of rotatable bonds is 5. The summed E-state index contributed by atoms with van der Waals surface area (Å²) in [4.78, 5) is 26.7. The number of likely N-dealkylation sites (tertiary alicyclic amines) is 1. The van der Waals surface area contributed by atoms with Gasteiger partial charge in [0.05, 0.1) is 0 Å². The van der Waals surface area contributed by atoms with Crippen LogP contribution in [0.2, 0.25) is 5.02 Å². The second-order valence-corrected chi connectivity index (χ2v) is 6.68. The predicted octanol–water partition coefficient (Wildman–Crippen LogP) is 4.12. The van der Waals surface area contributed by atoms with Crippen LogP contribution in [-0.2, 0) is 16.0 Å². The summed E-state index contributed by atoms with van der Waals surface area (Å²) in [6.45, 7) is 4.62. The Bertz CT molecular complexity index is 802. The number of amides is 2. The molecule has 0 bridgehead atoms. The molecule has 1 saturated heterocycles. The quantitative estimate of drug-likeness (QED) is 0.819. The maximum Gasteiger partial charge on any atom is 0.251 e. The summed E-state index contributed by atoms with van der Waals surface area (Å²) in [7, 11) is 0. The van der Waals surface area contributed by atoms with Crippen LogP contribution < -0.4 is 5.32 Å². The molecule has 1 atom stereocenters. The smallest absolute Gasteiger partial charge is 0.251 e. The molecule has 1 N–H and O–H groups in total. The minimum Gasteiger partial charge on any atom is -0.326 e. The fraction of sp³-hybridized carbons (Fsp3) is 0.300. The third kappa shape index (κ3) is 3.54. The molecule has 0 saturated carbocycles. The largest absolute Gasteiger partial charge is 0.326 e. The van der Waals surface area contributed by atoms with Crippen molar-refractivity contribution in [2.75, 3.05) is 11.9 Å². The monoisotopic (exact) mass is 356 g/mol. The van der Waals surface area contributed by atoms with Gasteiger partial charge >= 0.3 is 0 Å². The van der Waals surface area contributed by atoms with Gasteiger partial charge in [0.15, 0.2) is 0 Å². The summed E-state index contributed by atoms with van der Waals surface area (Å²) < 4.78 is 0. The Morgan fingerprint density at radius 2 is 1.96 bits per heavy atom. The van der Waals surface area contributed by atoms with E-state index < -0.39 is 6.04 Å². The molecule has 0 unspecified atom stereocenters. The molecular formula is C20H21ClN2O2. The number of halogens is 1. The second-order valence-electron chi connectivity index (χ2n) is 6.24. The molecule has 0 radical (unpaired) electrons. The molecule has 3 rings (SSSR count). The van der Waals surface area contributed by atoms with Gasteiger partial charge in [0, 0.05) is 23.7 Å². The number of nitrogens with one attached hydrogen (secondary N) is 1. The highest BCUT2D eigenvalue weighted by Gasteiger charge is 2.36. The Kier molecular flexibility index (Phi) is 5.09. The van der Waals surface area contributed by atoms with Crippen molar-refractivity contribution in [1.82, 2.24) is 4.90 Å². The number of carbonyl (C=O) groups is 2. The van der Waals surface area contributed by atoms with Gasteiger partial charge in [0.2, 0.25) is 5.91 Å². The highest BCUT2D eigenvalue weighted by atomic mass is 35.5. The highest BCUT2D eigenvalue weighted by molar-refractivity contribution is 6.30. The van der Waals surface area contributed by atoms with Crippen molar-refractivity contribution in [3.63, 3.8) is 0 Å². The fourth-order valence-electron chi connectivity index (χ4n) is 3.12. The van der Waals surface area contributed by atoms with Crippen LogP contribution in [0.25, 0.3) is 0 Å². The first kappa shape index (κ1) is 17.5. The summed E-state index contributed by atoms with van der Waals surface area (Å²) >= 11 is 5.96. The SMILES string of the molecule is CCc1cccc(C)c1NC(=O)[C@@H](c1ccc(Cl)cc1)N1CCC1=O. The topological polar surface area (TPSA) is 49.4 Å². The molecule has 2 aromatic rings. The first-order valence-electron chi connectivity index (χ1n) is 8.45. The molecule has 2 amide bonds. The van der Waals surface area contributed by atoms with Crippen molar-refractivity contribution in [2.45, 2.75) is 32.7 Å². The van der Waals surface area contributed by atoms with Crippen molar-refractivity contribution in [1.29, 1.82) is 0 Å². The van der Waals surface area contributed by atoms with E-state index >= 15 is 0 Å². The third-order valence-electron chi connectivity index (χ3n) is 4.62. The average molecular weight is 357 g/mol. The number of anilines is 1. The second kappa shape index (κ2) is 7.28. The van der Waals surface area contributed by atoms with Gasteiger partial charge in [-0.1, -0.05) is 48.9 Å². The molecule has 2 aromatic carbocycles. The fourth-order valence-corrected chi connectivity index (χ4v) is 3.24. The van der Waals surface area contributed by atoms with E-state index in [-0.39, 0.29) is 11.8 Å². The van der Waals surface area contributed by atoms with E-state index in [2.05, 4.69) is 12.2 Å². The third-order valence-corrected chi connectivity index (χ3v) is 4.87. The maximum absolute atomic E-state index is 13.1. The lowest BCUT2D eigenvalue weighted by Gasteiger charge is -2.37. The Morgan fingerprint density at radius 3 is 2.52 bits per heavy atom. The number of carbonyl (C=O) groups excluding carboxylic acids is 2. The minimum atomic E-state index is -0.636. The van der Waals surface area contributed by atoms with E-state index in [1.54, 1.807) is 29.2 Å². The van der Waals surface area contributed by atoms with Crippen LogP contribution in [-0.4, -0.2) is 23.3 Å². The molecule has 1 heterocycles. The van der Waals surface area contributed by atoms with Gasteiger partial charge in [-0.15, -0.1) is 0 Å². The van der Waals surface area contributed by atoms with Crippen molar-refractivity contribution in [2.24, 2.45) is 0 Å². The zero-order valence-electron chi connectivity index (χ0n) is 14.4. The Hall–Kier alpha value is -2.33. The first-order valence-corrected chi connectivity index (χ1v) is 8.83. The van der Waals surface area contributed by atoms with E-state index in [1.165, 1.54) is 0 Å². The van der Waals surface area contributed by atoms with Crippen LogP contribution in [0.4, 0.5) is 5.69 Å². The average Bonchev–Trinajstić information content (AvgIpc) is 2.60. The van der Waals surface area contributed by atoms with Crippen LogP contribution in [0.15, 0.2) is 42.5 Å². The zero-order chi connectivity index (χ0) is 18.0. The lowest BCUT2D eigenvalue weighted by atomic mass is 9.99. The van der Waals surface area contributed by atoms with Crippen molar-refractivity contribution < 1.29 is 9.59 Å². The van der Waals surface area contributed by atoms with Crippen molar-refractivity contribution in [3.05, 3.63) is 64.2 Å². The lowest BCUT2D eigenvalue weighted by Crippen LogP contribution is -2.49. The van der Waals surface area contributed by atoms with Gasteiger partial charge < -0.3 is 10.2 Å². The molecule has 5 heteroatoms. The van der Waals surface area contributed by atoms with Gasteiger partial charge in [0.25, 0.3) is 5.91 Å². The summed E-state index contributed by atoms with van der Waals surface area (Å²) in [6.07, 6.45) is 1.31. The van der Waals surface area contributed by atoms with Crippen molar-refractivity contribution >= 4 is 29.1 Å². The Labute approximate surface area is 152 Å². The normalized spacial score (nSPS) is 14.8. The van der Waals surface area contributed by atoms with E-state index in [0.717, 1.165) is 28.8 Å². The molecule has 1 aliphatic rings. The molecule has 0 spiro atoms. The molecule has 25 heavy (non-hydrogen) atoms. The standard InChI is InChI=1S/C20H21ClN2O2/c1-3-14-6-4-5-13(2)18(14)22-20(25)19(23-12-11-17(23)24)15-7-9-16(21)10-8-15/h4-10,19H,3,11-12H2,1-2H3,(H,22,25)/t19-/m1/s1. The number of hydrogen-bond donors (Lipinski definition) is 1. The molecule has 1 fully saturated rings. The van der Waals surface area contributed by atoms with E-state index in [9.17, 15) is 9.59 Å². The summed E-state index contributed by atoms with van der Waals surface area (Å²) in [5.41, 5.74) is 3.69. The van der Waals surface area contributed by atoms with Gasteiger partial charge in [-0.25, -0.2) is 0 Å². The Balaban J connectivity index is 1.92. The highest BCUT2D eigenvalue weighted by Crippen LogP contribution is 2.30.